The lowest BCUT2D eigenvalue weighted by atomic mass is 9.85. The van der Waals surface area contributed by atoms with Crippen LogP contribution in [0.25, 0.3) is 0 Å². The third-order valence-electron chi connectivity index (χ3n) is 5.80. The van der Waals surface area contributed by atoms with Gasteiger partial charge >= 0.3 is 0 Å². The Labute approximate surface area is 184 Å². The van der Waals surface area contributed by atoms with Gasteiger partial charge in [0.05, 0.1) is 22.8 Å². The van der Waals surface area contributed by atoms with E-state index in [-0.39, 0.29) is 10.8 Å². The molecule has 0 radical (unpaired) electrons. The summed E-state index contributed by atoms with van der Waals surface area (Å²) in [6.45, 7) is 26.2. The summed E-state index contributed by atoms with van der Waals surface area (Å²) in [5.41, 5.74) is 11.9. The minimum Gasteiger partial charge on any atom is -0.251 e. The lowest BCUT2D eigenvalue weighted by Crippen LogP contribution is -2.12. The van der Waals surface area contributed by atoms with Crippen LogP contribution in [0.3, 0.4) is 0 Å². The molecular formula is C28H40N2. The van der Waals surface area contributed by atoms with E-state index in [0.29, 0.717) is 0 Å². The maximum absolute atomic E-state index is 4.98. The highest BCUT2D eigenvalue weighted by molar-refractivity contribution is 6.41. The molecule has 0 amide bonds. The van der Waals surface area contributed by atoms with Gasteiger partial charge in [-0.3, -0.25) is 9.98 Å². The number of hydrogen-bond acceptors (Lipinski definition) is 2. The fourth-order valence-corrected chi connectivity index (χ4v) is 3.63. The molecule has 162 valence electrons. The fraction of sp³-hybridized carbons (Fsp3) is 0.500. The molecule has 0 saturated heterocycles. The molecule has 0 fully saturated rings. The summed E-state index contributed by atoms with van der Waals surface area (Å²) in [7, 11) is 0. The first-order valence-electron chi connectivity index (χ1n) is 11.0. The van der Waals surface area contributed by atoms with Crippen molar-refractivity contribution in [3.05, 3.63) is 57.6 Å². The molecule has 0 atom stereocenters. The summed E-state index contributed by atoms with van der Waals surface area (Å²) in [6.07, 6.45) is 0. The molecule has 0 heterocycles. The van der Waals surface area contributed by atoms with Crippen LogP contribution in [-0.4, -0.2) is 11.4 Å². The molecule has 30 heavy (non-hydrogen) atoms. The number of benzene rings is 2. The van der Waals surface area contributed by atoms with E-state index in [2.05, 4.69) is 107 Å². The van der Waals surface area contributed by atoms with Crippen molar-refractivity contribution in [1.82, 2.24) is 0 Å². The van der Waals surface area contributed by atoms with Crippen LogP contribution >= 0.6 is 0 Å². The van der Waals surface area contributed by atoms with Gasteiger partial charge in [-0.1, -0.05) is 65.8 Å². The second kappa shape index (κ2) is 8.49. The number of hydrogen-bond donors (Lipinski definition) is 0. The van der Waals surface area contributed by atoms with Gasteiger partial charge < -0.3 is 0 Å². The summed E-state index contributed by atoms with van der Waals surface area (Å²) in [6, 6.07) is 9.08. The Hall–Kier alpha value is -2.22. The van der Waals surface area contributed by atoms with E-state index in [1.165, 1.54) is 33.4 Å². The van der Waals surface area contributed by atoms with Crippen LogP contribution in [0.5, 0.6) is 0 Å². The third kappa shape index (κ3) is 5.47. The van der Waals surface area contributed by atoms with Crippen LogP contribution in [0.1, 0.15) is 88.8 Å². The van der Waals surface area contributed by atoms with Gasteiger partial charge in [0.2, 0.25) is 0 Å². The summed E-state index contributed by atoms with van der Waals surface area (Å²) < 4.78 is 0. The summed E-state index contributed by atoms with van der Waals surface area (Å²) >= 11 is 0. The van der Waals surface area contributed by atoms with Crippen LogP contribution < -0.4 is 0 Å². The van der Waals surface area contributed by atoms with Crippen LogP contribution in [0.4, 0.5) is 11.4 Å². The molecule has 0 aliphatic rings. The number of aliphatic imine (C=N–C) groups is 2. The predicted octanol–water partition coefficient (Wildman–Crippen LogP) is 8.40. The standard InChI is InChI=1S/C28H40N2/c1-17-13-23(27(7,8)9)14-18(2)25(17)29-21(5)22(6)30-26-19(3)15-24(16-20(26)4)28(10,11)12/h13-16H,1-12H3. The van der Waals surface area contributed by atoms with Crippen molar-refractivity contribution in [3.63, 3.8) is 0 Å². The molecule has 0 N–H and O–H groups in total. The molecular weight excluding hydrogens is 364 g/mol. The maximum Gasteiger partial charge on any atom is 0.0692 e. The molecule has 0 aromatic heterocycles. The second-order valence-electron chi connectivity index (χ2n) is 10.8. The first-order chi connectivity index (χ1) is 13.6. The van der Waals surface area contributed by atoms with Crippen LogP contribution in [0.15, 0.2) is 34.3 Å². The topological polar surface area (TPSA) is 24.7 Å². The molecule has 2 rings (SSSR count). The van der Waals surface area contributed by atoms with Crippen molar-refractivity contribution in [2.24, 2.45) is 9.98 Å². The fourth-order valence-electron chi connectivity index (χ4n) is 3.63. The Kier molecular flexibility index (Phi) is 6.81. The summed E-state index contributed by atoms with van der Waals surface area (Å²) in [5, 5.41) is 0. The number of rotatable bonds is 3. The highest BCUT2D eigenvalue weighted by Crippen LogP contribution is 2.33. The van der Waals surface area contributed by atoms with Gasteiger partial charge in [-0.25, -0.2) is 0 Å². The van der Waals surface area contributed by atoms with Crippen molar-refractivity contribution < 1.29 is 0 Å². The molecule has 0 spiro atoms. The molecule has 2 aromatic rings. The van der Waals surface area contributed by atoms with E-state index >= 15 is 0 Å². The zero-order chi connectivity index (χ0) is 23.0. The van der Waals surface area contributed by atoms with E-state index < -0.39 is 0 Å². The van der Waals surface area contributed by atoms with Gasteiger partial charge in [-0.15, -0.1) is 0 Å². The van der Waals surface area contributed by atoms with Crippen molar-refractivity contribution in [1.29, 1.82) is 0 Å². The molecule has 0 aliphatic heterocycles. The van der Waals surface area contributed by atoms with Crippen molar-refractivity contribution >= 4 is 22.8 Å². The highest BCUT2D eigenvalue weighted by atomic mass is 14.8. The average Bonchev–Trinajstić information content (AvgIpc) is 2.58. The lowest BCUT2D eigenvalue weighted by molar-refractivity contribution is 0.589. The van der Waals surface area contributed by atoms with Crippen LogP contribution in [-0.2, 0) is 10.8 Å². The quantitative estimate of drug-likeness (QED) is 0.459. The SMILES string of the molecule is CC(=Nc1c(C)cc(C(C)(C)C)cc1C)C(C)=Nc1c(C)cc(C(C)(C)C)cc1C. The van der Waals surface area contributed by atoms with E-state index in [1.54, 1.807) is 0 Å². The Bertz CT molecular complexity index is 876. The van der Waals surface area contributed by atoms with Crippen molar-refractivity contribution in [2.45, 2.75) is 93.9 Å². The van der Waals surface area contributed by atoms with E-state index in [1.807, 2.05) is 0 Å². The molecule has 0 bridgehead atoms. The molecule has 2 heteroatoms. The zero-order valence-electron chi connectivity index (χ0n) is 21.2. The minimum absolute atomic E-state index is 0.137. The summed E-state index contributed by atoms with van der Waals surface area (Å²) in [5.74, 6) is 0. The van der Waals surface area contributed by atoms with E-state index in [4.69, 9.17) is 9.98 Å². The Balaban J connectivity index is 2.47. The van der Waals surface area contributed by atoms with Crippen molar-refractivity contribution in [2.75, 3.05) is 0 Å². The maximum atomic E-state index is 4.98. The van der Waals surface area contributed by atoms with Gasteiger partial charge in [-0.2, -0.15) is 0 Å². The van der Waals surface area contributed by atoms with Gasteiger partial charge in [-0.05, 0) is 85.8 Å². The van der Waals surface area contributed by atoms with Gasteiger partial charge in [0, 0.05) is 0 Å². The third-order valence-corrected chi connectivity index (χ3v) is 5.80. The first kappa shape index (κ1) is 24.1. The first-order valence-corrected chi connectivity index (χ1v) is 11.0. The molecule has 2 aromatic carbocycles. The lowest BCUT2D eigenvalue weighted by Gasteiger charge is -2.22. The van der Waals surface area contributed by atoms with Gasteiger partial charge in [0.1, 0.15) is 0 Å². The van der Waals surface area contributed by atoms with Gasteiger partial charge in [0.25, 0.3) is 0 Å². The number of nitrogens with zero attached hydrogens (tertiary/aromatic N) is 2. The van der Waals surface area contributed by atoms with E-state index in [0.717, 1.165) is 22.8 Å². The predicted molar refractivity (Wildman–Crippen MR) is 135 cm³/mol. The normalized spacial score (nSPS) is 13.7. The molecule has 2 nitrogen and oxygen atoms in total. The Morgan fingerprint density at radius 1 is 0.533 bits per heavy atom. The highest BCUT2D eigenvalue weighted by Gasteiger charge is 2.18. The molecule has 0 aliphatic carbocycles. The average molecular weight is 405 g/mol. The van der Waals surface area contributed by atoms with Crippen molar-refractivity contribution in [3.8, 4) is 0 Å². The number of aryl methyl sites for hydroxylation is 4. The minimum atomic E-state index is 0.137. The van der Waals surface area contributed by atoms with E-state index in [9.17, 15) is 0 Å². The van der Waals surface area contributed by atoms with Gasteiger partial charge in [0.15, 0.2) is 0 Å². The van der Waals surface area contributed by atoms with Crippen LogP contribution in [0.2, 0.25) is 0 Å². The monoisotopic (exact) mass is 404 g/mol. The van der Waals surface area contributed by atoms with Crippen LogP contribution in [0, 0.1) is 27.7 Å². The molecule has 0 unspecified atom stereocenters. The zero-order valence-corrected chi connectivity index (χ0v) is 21.2. The largest absolute Gasteiger partial charge is 0.251 e. The Morgan fingerprint density at radius 3 is 0.967 bits per heavy atom. The Morgan fingerprint density at radius 2 is 0.767 bits per heavy atom. The molecule has 0 saturated carbocycles. The smallest absolute Gasteiger partial charge is 0.0692 e. The summed E-state index contributed by atoms with van der Waals surface area (Å²) in [4.78, 5) is 9.96. The second-order valence-corrected chi connectivity index (χ2v) is 10.8.